The molecule has 0 aromatic heterocycles. The van der Waals surface area contributed by atoms with E-state index in [4.69, 9.17) is 0 Å². The first-order chi connectivity index (χ1) is 10.4. The highest BCUT2D eigenvalue weighted by atomic mass is 15.1. The third kappa shape index (κ3) is 4.34. The van der Waals surface area contributed by atoms with Crippen LogP contribution in [0.1, 0.15) is 44.1 Å². The normalized spacial score (nSPS) is 22.5. The van der Waals surface area contributed by atoms with Crippen molar-refractivity contribution in [2.75, 3.05) is 24.5 Å². The molecule has 1 fully saturated rings. The lowest BCUT2D eigenvalue weighted by atomic mass is 9.94. The lowest BCUT2D eigenvalue weighted by molar-refractivity contribution is 0.440. The fourth-order valence-electron chi connectivity index (χ4n) is 3.44. The van der Waals surface area contributed by atoms with Crippen molar-refractivity contribution in [1.82, 2.24) is 5.32 Å². The van der Waals surface area contributed by atoms with Gasteiger partial charge in [-0.1, -0.05) is 24.3 Å². The Morgan fingerprint density at radius 2 is 1.81 bits per heavy atom. The predicted octanol–water partition coefficient (Wildman–Crippen LogP) is 4.12. The van der Waals surface area contributed by atoms with Crippen LogP contribution < -0.4 is 10.2 Å². The average molecular weight is 284 g/mol. The summed E-state index contributed by atoms with van der Waals surface area (Å²) >= 11 is 0. The van der Waals surface area contributed by atoms with Gasteiger partial charge in [0.1, 0.15) is 0 Å². The molecule has 1 saturated heterocycles. The highest BCUT2D eigenvalue weighted by Gasteiger charge is 2.11. The number of hydrogen-bond donors (Lipinski definition) is 1. The van der Waals surface area contributed by atoms with Crippen molar-refractivity contribution >= 4 is 5.69 Å². The highest BCUT2D eigenvalue weighted by molar-refractivity contribution is 5.47. The van der Waals surface area contributed by atoms with Crippen molar-refractivity contribution in [2.24, 2.45) is 5.92 Å². The molecule has 3 rings (SSSR count). The van der Waals surface area contributed by atoms with Crippen LogP contribution in [-0.4, -0.2) is 19.6 Å². The van der Waals surface area contributed by atoms with Crippen molar-refractivity contribution in [2.45, 2.75) is 45.1 Å². The van der Waals surface area contributed by atoms with Gasteiger partial charge in [-0.15, -0.1) is 0 Å². The molecule has 1 aliphatic carbocycles. The van der Waals surface area contributed by atoms with E-state index < -0.39 is 0 Å². The van der Waals surface area contributed by atoms with Gasteiger partial charge in [-0.25, -0.2) is 0 Å². The summed E-state index contributed by atoms with van der Waals surface area (Å²) in [5.74, 6) is 0.836. The monoisotopic (exact) mass is 284 g/mol. The Morgan fingerprint density at radius 1 is 1.00 bits per heavy atom. The molecule has 1 N–H and O–H groups in total. The Hall–Kier alpha value is -1.28. The molecule has 1 atom stereocenters. The van der Waals surface area contributed by atoms with E-state index >= 15 is 0 Å². The van der Waals surface area contributed by atoms with Crippen LogP contribution >= 0.6 is 0 Å². The van der Waals surface area contributed by atoms with E-state index in [0.717, 1.165) is 19.0 Å². The molecule has 1 aromatic rings. The van der Waals surface area contributed by atoms with E-state index in [1.807, 2.05) is 0 Å². The highest BCUT2D eigenvalue weighted by Crippen LogP contribution is 2.20. The molecule has 2 aliphatic rings. The topological polar surface area (TPSA) is 15.3 Å². The molecule has 1 unspecified atom stereocenters. The van der Waals surface area contributed by atoms with Crippen molar-refractivity contribution in [1.29, 1.82) is 0 Å². The van der Waals surface area contributed by atoms with Gasteiger partial charge in [0.05, 0.1) is 0 Å². The Morgan fingerprint density at radius 3 is 2.52 bits per heavy atom. The molecule has 0 saturated carbocycles. The first-order valence-electron chi connectivity index (χ1n) is 8.61. The SMILES string of the molecule is C1=CCC(CNCc2ccc(N3CCCCC3)cc2)CC1. The quantitative estimate of drug-likeness (QED) is 0.818. The maximum absolute atomic E-state index is 3.62. The maximum Gasteiger partial charge on any atom is 0.0366 e. The van der Waals surface area contributed by atoms with Gasteiger partial charge in [0.15, 0.2) is 0 Å². The van der Waals surface area contributed by atoms with Gasteiger partial charge in [0.2, 0.25) is 0 Å². The zero-order valence-corrected chi connectivity index (χ0v) is 13.1. The molecular weight excluding hydrogens is 256 g/mol. The summed E-state index contributed by atoms with van der Waals surface area (Å²) < 4.78 is 0. The Labute approximate surface area is 129 Å². The lowest BCUT2D eigenvalue weighted by Gasteiger charge is -2.28. The molecule has 0 bridgehead atoms. The summed E-state index contributed by atoms with van der Waals surface area (Å²) in [5, 5.41) is 3.62. The zero-order valence-electron chi connectivity index (χ0n) is 13.1. The van der Waals surface area contributed by atoms with Crippen LogP contribution in [-0.2, 0) is 6.54 Å². The van der Waals surface area contributed by atoms with Crippen LogP contribution in [0.5, 0.6) is 0 Å². The lowest BCUT2D eigenvalue weighted by Crippen LogP contribution is -2.29. The summed E-state index contributed by atoms with van der Waals surface area (Å²) in [6, 6.07) is 9.17. The number of anilines is 1. The summed E-state index contributed by atoms with van der Waals surface area (Å²) in [6.07, 6.45) is 12.6. The first kappa shape index (κ1) is 14.6. The standard InChI is InChI=1S/C19H28N2/c1-3-7-17(8-4-1)15-20-16-18-9-11-19(12-10-18)21-13-5-2-6-14-21/h1,3,9-12,17,20H,2,4-8,13-16H2. The molecule has 114 valence electrons. The number of rotatable bonds is 5. The van der Waals surface area contributed by atoms with Gasteiger partial charge in [-0.2, -0.15) is 0 Å². The number of piperidine rings is 1. The molecule has 1 aliphatic heterocycles. The summed E-state index contributed by atoms with van der Waals surface area (Å²) in [5.41, 5.74) is 2.80. The molecule has 0 spiro atoms. The van der Waals surface area contributed by atoms with Crippen LogP contribution in [0.2, 0.25) is 0 Å². The van der Waals surface area contributed by atoms with Crippen LogP contribution in [0.3, 0.4) is 0 Å². The van der Waals surface area contributed by atoms with Crippen LogP contribution in [0.4, 0.5) is 5.69 Å². The largest absolute Gasteiger partial charge is 0.372 e. The molecule has 0 radical (unpaired) electrons. The van der Waals surface area contributed by atoms with E-state index in [1.165, 1.54) is 62.9 Å². The van der Waals surface area contributed by atoms with E-state index in [0.29, 0.717) is 0 Å². The molecule has 2 nitrogen and oxygen atoms in total. The second kappa shape index (κ2) is 7.65. The smallest absolute Gasteiger partial charge is 0.0366 e. The second-order valence-corrected chi connectivity index (χ2v) is 6.50. The minimum absolute atomic E-state index is 0.836. The second-order valence-electron chi connectivity index (χ2n) is 6.50. The molecule has 21 heavy (non-hydrogen) atoms. The molecule has 2 heteroatoms. The number of allylic oxidation sites excluding steroid dienone is 2. The summed E-state index contributed by atoms with van der Waals surface area (Å²) in [6.45, 7) is 4.61. The van der Waals surface area contributed by atoms with Crippen molar-refractivity contribution in [3.63, 3.8) is 0 Å². The van der Waals surface area contributed by atoms with Crippen LogP contribution in [0.15, 0.2) is 36.4 Å². The minimum Gasteiger partial charge on any atom is -0.372 e. The van der Waals surface area contributed by atoms with Crippen LogP contribution in [0, 0.1) is 5.92 Å². The maximum atomic E-state index is 3.62. The van der Waals surface area contributed by atoms with E-state index in [1.54, 1.807) is 0 Å². The van der Waals surface area contributed by atoms with Gasteiger partial charge in [0, 0.05) is 25.3 Å². The fraction of sp³-hybridized carbons (Fsp3) is 0.579. The Kier molecular flexibility index (Phi) is 5.34. The molecule has 1 heterocycles. The number of benzene rings is 1. The van der Waals surface area contributed by atoms with Crippen molar-refractivity contribution in [3.8, 4) is 0 Å². The van der Waals surface area contributed by atoms with Crippen molar-refractivity contribution in [3.05, 3.63) is 42.0 Å². The Bertz CT molecular complexity index is 443. The van der Waals surface area contributed by atoms with Crippen molar-refractivity contribution < 1.29 is 0 Å². The third-order valence-corrected chi connectivity index (χ3v) is 4.80. The van der Waals surface area contributed by atoms with Gasteiger partial charge < -0.3 is 10.2 Å². The third-order valence-electron chi connectivity index (χ3n) is 4.80. The van der Waals surface area contributed by atoms with E-state index in [2.05, 4.69) is 46.6 Å². The number of nitrogens with zero attached hydrogens (tertiary/aromatic N) is 1. The van der Waals surface area contributed by atoms with Gasteiger partial charge >= 0.3 is 0 Å². The first-order valence-corrected chi connectivity index (χ1v) is 8.61. The molecular formula is C19H28N2. The fourth-order valence-corrected chi connectivity index (χ4v) is 3.44. The summed E-state index contributed by atoms with van der Waals surface area (Å²) in [4.78, 5) is 2.52. The van der Waals surface area contributed by atoms with Gasteiger partial charge in [-0.3, -0.25) is 0 Å². The predicted molar refractivity (Wildman–Crippen MR) is 90.7 cm³/mol. The van der Waals surface area contributed by atoms with E-state index in [-0.39, 0.29) is 0 Å². The summed E-state index contributed by atoms with van der Waals surface area (Å²) in [7, 11) is 0. The van der Waals surface area contributed by atoms with E-state index in [9.17, 15) is 0 Å². The average Bonchev–Trinajstić information content (AvgIpc) is 2.57. The minimum atomic E-state index is 0.836. The van der Waals surface area contributed by atoms with Crippen LogP contribution in [0.25, 0.3) is 0 Å². The zero-order chi connectivity index (χ0) is 14.3. The Balaban J connectivity index is 1.44. The molecule has 1 aromatic carbocycles. The van der Waals surface area contributed by atoms with Gasteiger partial charge in [0.25, 0.3) is 0 Å². The number of nitrogens with one attached hydrogen (secondary N) is 1. The molecule has 0 amide bonds. The van der Waals surface area contributed by atoms with Gasteiger partial charge in [-0.05, 0) is 68.7 Å². The number of hydrogen-bond acceptors (Lipinski definition) is 2.